The maximum atomic E-state index is 2.52. The molecule has 0 aromatic heterocycles. The summed E-state index contributed by atoms with van der Waals surface area (Å²) in [6.45, 7) is 2.52. The minimum atomic E-state index is 1.08. The Balaban J connectivity index is 1.76. The summed E-state index contributed by atoms with van der Waals surface area (Å²) in [6, 6.07) is 0. The van der Waals surface area contributed by atoms with Gasteiger partial charge in [0.05, 0.1) is 0 Å². The van der Waals surface area contributed by atoms with E-state index in [0.717, 1.165) is 23.7 Å². The molecule has 3 saturated carbocycles. The van der Waals surface area contributed by atoms with Gasteiger partial charge in [-0.1, -0.05) is 26.2 Å². The summed E-state index contributed by atoms with van der Waals surface area (Å²) in [6.07, 6.45) is 9.55. The first-order chi connectivity index (χ1) is 6.75. The van der Waals surface area contributed by atoms with Gasteiger partial charge in [0, 0.05) is 10.2 Å². The molecule has 0 aromatic carbocycles. The first kappa shape index (κ1) is 9.44. The molecular weight excluding hydrogens is 184 g/mol. The molecule has 3 fully saturated rings. The number of hydrogen-bond acceptors (Lipinski definition) is 0. The molecule has 0 saturated heterocycles. The molecule has 6 atom stereocenters. The topological polar surface area (TPSA) is 0 Å². The highest BCUT2D eigenvalue weighted by molar-refractivity contribution is 6.12. The maximum absolute atomic E-state index is 2.52. The van der Waals surface area contributed by atoms with Gasteiger partial charge in [0.25, 0.3) is 0 Å². The van der Waals surface area contributed by atoms with E-state index in [1.807, 2.05) is 0 Å². The van der Waals surface area contributed by atoms with Crippen molar-refractivity contribution in [1.29, 1.82) is 0 Å². The molecule has 0 aromatic rings. The first-order valence-corrected chi connectivity index (χ1v) is 7.91. The van der Waals surface area contributed by atoms with Crippen molar-refractivity contribution in [2.24, 2.45) is 29.6 Å². The molecule has 0 heterocycles. The summed E-state index contributed by atoms with van der Waals surface area (Å²) in [5.74, 6) is 5.74. The third kappa shape index (κ3) is 1.31. The zero-order valence-electron chi connectivity index (χ0n) is 9.71. The van der Waals surface area contributed by atoms with Gasteiger partial charge in [-0.25, -0.2) is 0 Å². The van der Waals surface area contributed by atoms with E-state index >= 15 is 0 Å². The van der Waals surface area contributed by atoms with Crippen LogP contribution in [0.4, 0.5) is 0 Å². The summed E-state index contributed by atoms with van der Waals surface area (Å²) in [5, 5.41) is 0. The van der Waals surface area contributed by atoms with Crippen molar-refractivity contribution in [2.75, 3.05) is 0 Å². The van der Waals surface area contributed by atoms with Gasteiger partial charge < -0.3 is 0 Å². The molecule has 14 heavy (non-hydrogen) atoms. The van der Waals surface area contributed by atoms with Crippen molar-refractivity contribution in [1.82, 2.24) is 0 Å². The number of rotatable bonds is 0. The molecule has 0 radical (unpaired) electrons. The first-order valence-electron chi connectivity index (χ1n) is 6.75. The maximum Gasteiger partial charge on any atom is 0.00743 e. The monoisotopic (exact) mass is 208 g/mol. The molecule has 0 bridgehead atoms. The Hall–Kier alpha value is 0.217. The summed E-state index contributed by atoms with van der Waals surface area (Å²) in [5.41, 5.74) is 1.17. The largest absolute Gasteiger partial charge is 0.0625 e. The fraction of sp³-hybridized carbons (Fsp3) is 1.00. The van der Waals surface area contributed by atoms with Crippen LogP contribution in [0.2, 0.25) is 5.54 Å². The molecule has 6 unspecified atom stereocenters. The van der Waals surface area contributed by atoms with Gasteiger partial charge >= 0.3 is 0 Å². The van der Waals surface area contributed by atoms with Gasteiger partial charge in [-0.05, 0) is 54.4 Å². The van der Waals surface area contributed by atoms with Crippen LogP contribution in [-0.4, -0.2) is 10.2 Å². The van der Waals surface area contributed by atoms with Crippen molar-refractivity contribution in [2.45, 2.75) is 51.0 Å². The van der Waals surface area contributed by atoms with Crippen LogP contribution in [0, 0.1) is 29.6 Å². The average Bonchev–Trinajstić information content (AvgIpc) is 2.70. The molecule has 80 valence electrons. The Kier molecular flexibility index (Phi) is 2.27. The van der Waals surface area contributed by atoms with Gasteiger partial charge in [0.2, 0.25) is 0 Å². The van der Waals surface area contributed by atoms with E-state index < -0.39 is 0 Å². The normalized spacial score (nSPS) is 57.2. The molecular formula is C13H24Si. The van der Waals surface area contributed by atoms with Crippen LogP contribution in [0.15, 0.2) is 0 Å². The Bertz CT molecular complexity index is 225. The standard InChI is InChI=1S/C13H24Si/c1-8-5-11-6-9-3-2-4-10(9)7-12(11)13(8)14/h8-13H,2-7H2,1,14H3. The van der Waals surface area contributed by atoms with Crippen LogP contribution in [0.3, 0.4) is 0 Å². The molecule has 0 N–H and O–H groups in total. The highest BCUT2D eigenvalue weighted by atomic mass is 28.1. The Labute approximate surface area is 91.3 Å². The van der Waals surface area contributed by atoms with Gasteiger partial charge in [-0.15, -0.1) is 0 Å². The predicted molar refractivity (Wildman–Crippen MR) is 64.5 cm³/mol. The molecule has 3 rings (SSSR count). The molecule has 3 aliphatic rings. The molecule has 3 aliphatic carbocycles. The summed E-state index contributed by atoms with van der Waals surface area (Å²) in [7, 11) is 1.46. The summed E-state index contributed by atoms with van der Waals surface area (Å²) < 4.78 is 0. The van der Waals surface area contributed by atoms with Gasteiger partial charge in [0.15, 0.2) is 0 Å². The summed E-state index contributed by atoms with van der Waals surface area (Å²) in [4.78, 5) is 0. The van der Waals surface area contributed by atoms with E-state index in [0.29, 0.717) is 0 Å². The average molecular weight is 208 g/mol. The van der Waals surface area contributed by atoms with Crippen molar-refractivity contribution in [3.63, 3.8) is 0 Å². The van der Waals surface area contributed by atoms with Crippen LogP contribution in [0.25, 0.3) is 0 Å². The molecule has 0 spiro atoms. The SMILES string of the molecule is CC1CC2CC3CCCC3CC2C1[SiH3]. The highest BCUT2D eigenvalue weighted by Gasteiger charge is 2.46. The van der Waals surface area contributed by atoms with Gasteiger partial charge in [-0.2, -0.15) is 0 Å². The van der Waals surface area contributed by atoms with Gasteiger partial charge in [0.1, 0.15) is 0 Å². The molecule has 0 amide bonds. The van der Waals surface area contributed by atoms with Crippen LogP contribution in [0.5, 0.6) is 0 Å². The molecule has 1 heteroatoms. The predicted octanol–water partition coefficient (Wildman–Crippen LogP) is 2.62. The molecule has 0 nitrogen and oxygen atoms in total. The zero-order valence-corrected chi connectivity index (χ0v) is 11.7. The van der Waals surface area contributed by atoms with Crippen LogP contribution >= 0.6 is 0 Å². The van der Waals surface area contributed by atoms with E-state index in [4.69, 9.17) is 0 Å². The van der Waals surface area contributed by atoms with E-state index in [1.165, 1.54) is 21.7 Å². The lowest BCUT2D eigenvalue weighted by atomic mass is 9.71. The lowest BCUT2D eigenvalue weighted by Crippen LogP contribution is -2.27. The van der Waals surface area contributed by atoms with Crippen molar-refractivity contribution in [3.8, 4) is 0 Å². The van der Waals surface area contributed by atoms with Crippen LogP contribution in [0.1, 0.15) is 45.4 Å². The van der Waals surface area contributed by atoms with Gasteiger partial charge in [-0.3, -0.25) is 0 Å². The van der Waals surface area contributed by atoms with E-state index in [1.54, 1.807) is 38.5 Å². The van der Waals surface area contributed by atoms with Crippen LogP contribution in [-0.2, 0) is 0 Å². The number of fused-ring (bicyclic) bond motifs is 2. The molecule has 0 aliphatic heterocycles. The third-order valence-electron chi connectivity index (χ3n) is 5.85. The third-order valence-corrected chi connectivity index (χ3v) is 7.84. The highest BCUT2D eigenvalue weighted by Crippen LogP contribution is 2.56. The zero-order chi connectivity index (χ0) is 9.71. The Morgan fingerprint density at radius 2 is 1.64 bits per heavy atom. The Morgan fingerprint density at radius 1 is 0.929 bits per heavy atom. The number of hydrogen-bond donors (Lipinski definition) is 0. The minimum absolute atomic E-state index is 1.08. The van der Waals surface area contributed by atoms with E-state index in [2.05, 4.69) is 6.92 Å². The van der Waals surface area contributed by atoms with Crippen molar-refractivity contribution < 1.29 is 0 Å². The summed E-state index contributed by atoms with van der Waals surface area (Å²) >= 11 is 0. The smallest absolute Gasteiger partial charge is 0.00743 e. The van der Waals surface area contributed by atoms with Crippen molar-refractivity contribution in [3.05, 3.63) is 0 Å². The van der Waals surface area contributed by atoms with Crippen LogP contribution < -0.4 is 0 Å². The fourth-order valence-electron chi connectivity index (χ4n) is 4.87. The lowest BCUT2D eigenvalue weighted by Gasteiger charge is -2.36. The quantitative estimate of drug-likeness (QED) is 0.537. The van der Waals surface area contributed by atoms with Crippen molar-refractivity contribution >= 4 is 10.2 Å². The van der Waals surface area contributed by atoms with E-state index in [9.17, 15) is 0 Å². The second kappa shape index (κ2) is 3.36. The lowest BCUT2D eigenvalue weighted by molar-refractivity contribution is 0.157. The Morgan fingerprint density at radius 3 is 2.43 bits per heavy atom. The second-order valence-corrected chi connectivity index (χ2v) is 7.75. The minimum Gasteiger partial charge on any atom is -0.0625 e. The second-order valence-electron chi connectivity index (χ2n) is 6.42. The fourth-order valence-corrected chi connectivity index (χ4v) is 5.96. The van der Waals surface area contributed by atoms with E-state index in [-0.39, 0.29) is 0 Å².